The molecular formula is C28H28N2. The lowest BCUT2D eigenvalue weighted by Crippen LogP contribution is -1.97. The number of nitrogens with zero attached hydrogens (tertiary/aromatic N) is 2. The predicted molar refractivity (Wildman–Crippen MR) is 128 cm³/mol. The molecule has 0 saturated heterocycles. The first-order chi connectivity index (χ1) is 14.7. The molecular weight excluding hydrogens is 364 g/mol. The fourth-order valence-corrected chi connectivity index (χ4v) is 4.82. The van der Waals surface area contributed by atoms with Crippen molar-refractivity contribution < 1.29 is 0 Å². The van der Waals surface area contributed by atoms with E-state index in [1.807, 2.05) is 6.20 Å². The van der Waals surface area contributed by atoms with Crippen molar-refractivity contribution in [3.63, 3.8) is 0 Å². The van der Waals surface area contributed by atoms with Gasteiger partial charge in [-0.2, -0.15) is 0 Å². The number of aromatic nitrogens is 2. The Hall–Kier alpha value is -3.13. The van der Waals surface area contributed by atoms with Gasteiger partial charge in [-0.3, -0.25) is 4.40 Å². The zero-order chi connectivity index (χ0) is 20.7. The van der Waals surface area contributed by atoms with Gasteiger partial charge in [0.1, 0.15) is 5.65 Å². The van der Waals surface area contributed by atoms with Gasteiger partial charge >= 0.3 is 0 Å². The summed E-state index contributed by atoms with van der Waals surface area (Å²) in [6.07, 6.45) is 6.98. The lowest BCUT2D eigenvalue weighted by atomic mass is 9.99. The smallest absolute Gasteiger partial charge is 0.145 e. The lowest BCUT2D eigenvalue weighted by molar-refractivity contribution is 0.718. The van der Waals surface area contributed by atoms with Crippen LogP contribution in [0.2, 0.25) is 0 Å². The molecule has 5 rings (SSSR count). The van der Waals surface area contributed by atoms with Gasteiger partial charge in [-0.15, -0.1) is 0 Å². The molecule has 5 aromatic rings. The van der Waals surface area contributed by atoms with Crippen LogP contribution < -0.4 is 0 Å². The Labute approximate surface area is 178 Å². The normalized spacial score (nSPS) is 11.7. The summed E-state index contributed by atoms with van der Waals surface area (Å²) >= 11 is 0. The van der Waals surface area contributed by atoms with Crippen LogP contribution in [0.5, 0.6) is 0 Å². The van der Waals surface area contributed by atoms with Crippen LogP contribution in [-0.2, 0) is 6.42 Å². The lowest BCUT2D eigenvalue weighted by Gasteiger charge is -2.14. The van der Waals surface area contributed by atoms with Crippen LogP contribution in [0.4, 0.5) is 0 Å². The van der Waals surface area contributed by atoms with Gasteiger partial charge < -0.3 is 0 Å². The van der Waals surface area contributed by atoms with E-state index in [4.69, 9.17) is 4.98 Å². The SMILES string of the molecule is CCCCCc1ccc2c(c1)c1ccccc1c1ncc(-c3c(C)cccc3C)n21. The third-order valence-corrected chi connectivity index (χ3v) is 6.33. The molecule has 3 aromatic carbocycles. The van der Waals surface area contributed by atoms with Gasteiger partial charge in [0.05, 0.1) is 17.4 Å². The van der Waals surface area contributed by atoms with Crippen LogP contribution in [-0.4, -0.2) is 9.38 Å². The molecule has 0 radical (unpaired) electrons. The van der Waals surface area contributed by atoms with E-state index in [1.165, 1.54) is 68.9 Å². The van der Waals surface area contributed by atoms with Gasteiger partial charge in [-0.1, -0.05) is 68.3 Å². The van der Waals surface area contributed by atoms with E-state index in [0.717, 1.165) is 12.1 Å². The van der Waals surface area contributed by atoms with Crippen LogP contribution in [0, 0.1) is 13.8 Å². The summed E-state index contributed by atoms with van der Waals surface area (Å²) in [4.78, 5) is 4.90. The number of fused-ring (bicyclic) bond motifs is 6. The van der Waals surface area contributed by atoms with Gasteiger partial charge in [0, 0.05) is 16.3 Å². The maximum Gasteiger partial charge on any atom is 0.145 e. The number of rotatable bonds is 5. The minimum Gasteiger partial charge on any atom is -0.292 e. The molecule has 0 aliphatic rings. The Morgan fingerprint density at radius 3 is 2.33 bits per heavy atom. The average Bonchev–Trinajstić information content (AvgIpc) is 3.19. The van der Waals surface area contributed by atoms with Gasteiger partial charge in [-0.05, 0) is 60.9 Å². The van der Waals surface area contributed by atoms with Crippen LogP contribution in [0.3, 0.4) is 0 Å². The largest absolute Gasteiger partial charge is 0.292 e. The molecule has 0 amide bonds. The molecule has 0 unspecified atom stereocenters. The fourth-order valence-electron chi connectivity index (χ4n) is 4.82. The summed E-state index contributed by atoms with van der Waals surface area (Å²) in [6.45, 7) is 6.65. The summed E-state index contributed by atoms with van der Waals surface area (Å²) in [5.41, 5.74) is 8.73. The number of benzene rings is 3. The monoisotopic (exact) mass is 392 g/mol. The molecule has 0 aliphatic heterocycles. The second-order valence-corrected chi connectivity index (χ2v) is 8.42. The molecule has 150 valence electrons. The molecule has 30 heavy (non-hydrogen) atoms. The maximum atomic E-state index is 4.90. The minimum absolute atomic E-state index is 1.04. The van der Waals surface area contributed by atoms with E-state index in [1.54, 1.807) is 0 Å². The van der Waals surface area contributed by atoms with E-state index < -0.39 is 0 Å². The second kappa shape index (κ2) is 7.60. The zero-order valence-electron chi connectivity index (χ0n) is 18.1. The highest BCUT2D eigenvalue weighted by Gasteiger charge is 2.16. The standard InChI is InChI=1S/C28H28N2/c1-4-5-6-12-21-15-16-25-24(17-21)22-13-7-8-14-23(22)28-29-18-26(30(25)28)27-19(2)10-9-11-20(27)3/h7-11,13-18H,4-6,12H2,1-3H3. The van der Waals surface area contributed by atoms with E-state index >= 15 is 0 Å². The van der Waals surface area contributed by atoms with Gasteiger partial charge in [0.15, 0.2) is 0 Å². The average molecular weight is 393 g/mol. The molecule has 0 spiro atoms. The van der Waals surface area contributed by atoms with Crippen molar-refractivity contribution in [3.05, 3.63) is 83.6 Å². The maximum absolute atomic E-state index is 4.90. The van der Waals surface area contributed by atoms with E-state index in [9.17, 15) is 0 Å². The van der Waals surface area contributed by atoms with Crippen LogP contribution in [0.25, 0.3) is 38.6 Å². The summed E-state index contributed by atoms with van der Waals surface area (Å²) in [6, 6.07) is 22.2. The Morgan fingerprint density at radius 1 is 0.800 bits per heavy atom. The van der Waals surface area contributed by atoms with Gasteiger partial charge in [-0.25, -0.2) is 4.98 Å². The number of unbranched alkanes of at least 4 members (excludes halogenated alkanes) is 2. The van der Waals surface area contributed by atoms with Crippen LogP contribution in [0.1, 0.15) is 42.9 Å². The first-order valence-electron chi connectivity index (χ1n) is 11.1. The topological polar surface area (TPSA) is 17.3 Å². The second-order valence-electron chi connectivity index (χ2n) is 8.42. The number of hydrogen-bond acceptors (Lipinski definition) is 1. The molecule has 0 aliphatic carbocycles. The Balaban J connectivity index is 1.85. The molecule has 0 fully saturated rings. The number of imidazole rings is 1. The summed E-state index contributed by atoms with van der Waals surface area (Å²) in [7, 11) is 0. The van der Waals surface area contributed by atoms with Crippen molar-refractivity contribution in [2.24, 2.45) is 0 Å². The van der Waals surface area contributed by atoms with Crippen molar-refractivity contribution in [2.45, 2.75) is 46.5 Å². The molecule has 0 bridgehead atoms. The van der Waals surface area contributed by atoms with Crippen molar-refractivity contribution >= 4 is 27.3 Å². The highest BCUT2D eigenvalue weighted by Crippen LogP contribution is 2.35. The van der Waals surface area contributed by atoms with Crippen molar-refractivity contribution in [2.75, 3.05) is 0 Å². The van der Waals surface area contributed by atoms with Gasteiger partial charge in [0.2, 0.25) is 0 Å². The zero-order valence-corrected chi connectivity index (χ0v) is 18.1. The number of pyridine rings is 1. The molecule has 2 nitrogen and oxygen atoms in total. The van der Waals surface area contributed by atoms with Crippen LogP contribution in [0.15, 0.2) is 66.9 Å². The Bertz CT molecular complexity index is 1350. The quantitative estimate of drug-likeness (QED) is 0.222. The first-order valence-corrected chi connectivity index (χ1v) is 11.1. The molecule has 0 atom stereocenters. The molecule has 0 saturated carbocycles. The van der Waals surface area contributed by atoms with E-state index in [0.29, 0.717) is 0 Å². The highest BCUT2D eigenvalue weighted by molar-refractivity contribution is 6.12. The number of hydrogen-bond donors (Lipinski definition) is 0. The molecule has 2 heterocycles. The van der Waals surface area contributed by atoms with Crippen molar-refractivity contribution in [1.82, 2.24) is 9.38 Å². The van der Waals surface area contributed by atoms with E-state index in [-0.39, 0.29) is 0 Å². The third-order valence-electron chi connectivity index (χ3n) is 6.33. The van der Waals surface area contributed by atoms with Gasteiger partial charge in [0.25, 0.3) is 0 Å². The Kier molecular flexibility index (Phi) is 4.78. The summed E-state index contributed by atoms with van der Waals surface area (Å²) in [5, 5.41) is 3.82. The number of aryl methyl sites for hydroxylation is 3. The molecule has 2 heteroatoms. The van der Waals surface area contributed by atoms with E-state index in [2.05, 4.69) is 85.8 Å². The highest BCUT2D eigenvalue weighted by atomic mass is 15.0. The Morgan fingerprint density at radius 2 is 1.57 bits per heavy atom. The minimum atomic E-state index is 1.04. The predicted octanol–water partition coefficient (Wildman–Crippen LogP) is 7.66. The molecule has 2 aromatic heterocycles. The fraction of sp³-hybridized carbons (Fsp3) is 0.250. The van der Waals surface area contributed by atoms with Crippen molar-refractivity contribution in [3.8, 4) is 11.3 Å². The third kappa shape index (κ3) is 2.99. The first kappa shape index (κ1) is 18.9. The van der Waals surface area contributed by atoms with Crippen molar-refractivity contribution in [1.29, 1.82) is 0 Å². The summed E-state index contributed by atoms with van der Waals surface area (Å²) < 4.78 is 2.36. The summed E-state index contributed by atoms with van der Waals surface area (Å²) in [5.74, 6) is 0. The molecule has 0 N–H and O–H groups in total. The van der Waals surface area contributed by atoms with Crippen LogP contribution >= 0.6 is 0 Å².